The van der Waals surface area contributed by atoms with E-state index < -0.39 is 37.4 Å². The minimum Gasteiger partial charge on any atom is -0.467 e. The van der Waals surface area contributed by atoms with Gasteiger partial charge in [0.15, 0.2) is 23.8 Å². The van der Waals surface area contributed by atoms with Crippen LogP contribution in [0.2, 0.25) is 0 Å². The number of carbonyl (C=O) groups is 1. The number of imidazole rings is 1. The molecule has 0 aliphatic carbocycles. The van der Waals surface area contributed by atoms with Gasteiger partial charge in [0, 0.05) is 13.0 Å². The zero-order valence-electron chi connectivity index (χ0n) is 15.0. The van der Waals surface area contributed by atoms with Gasteiger partial charge in [0.1, 0.15) is 17.9 Å². The Morgan fingerprint density at radius 1 is 1.50 bits per heavy atom. The Hall–Kier alpha value is -2.26. The number of hydrogen-bond acceptors (Lipinski definition) is 8. The van der Waals surface area contributed by atoms with E-state index in [4.69, 9.17) is 24.1 Å². The Labute approximate surface area is 130 Å². The largest absolute Gasteiger partial charge is 0.467 e. The van der Waals surface area contributed by atoms with E-state index in [1.54, 1.807) is 6.92 Å². The molecule has 9 nitrogen and oxygen atoms in total. The highest BCUT2D eigenvalue weighted by Gasteiger charge is 2.47. The van der Waals surface area contributed by atoms with Crippen LogP contribution >= 0.6 is 0 Å². The average molecular weight is 310 g/mol. The van der Waals surface area contributed by atoms with Crippen LogP contribution in [0, 0.1) is 5.92 Å². The van der Waals surface area contributed by atoms with Crippen molar-refractivity contribution in [1.29, 1.82) is 0 Å². The molecule has 22 heavy (non-hydrogen) atoms. The molecule has 1 aliphatic rings. The Morgan fingerprint density at radius 3 is 3.05 bits per heavy atom. The smallest absolute Gasteiger partial charge is 0.335 e. The van der Waals surface area contributed by atoms with Crippen molar-refractivity contribution >= 4 is 23.0 Å². The van der Waals surface area contributed by atoms with Crippen LogP contribution in [-0.4, -0.2) is 51.8 Å². The van der Waals surface area contributed by atoms with Crippen molar-refractivity contribution in [2.75, 3.05) is 19.9 Å². The Morgan fingerprint density at radius 2 is 2.32 bits per heavy atom. The SMILES string of the molecule is [2H]C([2H])([2H])O[C@@H]1[C@H](C)[C@@H](C(=O)OC)O[C@H]1n1cnc2c(N)ncnc21. The van der Waals surface area contributed by atoms with Crippen molar-refractivity contribution < 1.29 is 23.1 Å². The second kappa shape index (κ2) is 5.50. The van der Waals surface area contributed by atoms with Gasteiger partial charge < -0.3 is 19.9 Å². The maximum Gasteiger partial charge on any atom is 0.335 e. The molecule has 1 saturated heterocycles. The minimum absolute atomic E-state index is 0.174. The third-order valence-corrected chi connectivity index (χ3v) is 3.79. The first-order valence-electron chi connectivity index (χ1n) is 8.07. The summed E-state index contributed by atoms with van der Waals surface area (Å²) in [5.41, 5.74) is 6.45. The van der Waals surface area contributed by atoms with E-state index in [-0.39, 0.29) is 5.82 Å². The fraction of sp³-hybridized carbons (Fsp3) is 0.538. The third kappa shape index (κ3) is 2.09. The second-order valence-electron chi connectivity index (χ2n) is 4.99. The van der Waals surface area contributed by atoms with Crippen LogP contribution < -0.4 is 5.73 Å². The van der Waals surface area contributed by atoms with E-state index in [1.165, 1.54) is 24.3 Å². The van der Waals surface area contributed by atoms with Gasteiger partial charge in [-0.15, -0.1) is 0 Å². The van der Waals surface area contributed by atoms with Gasteiger partial charge in [-0.1, -0.05) is 6.92 Å². The van der Waals surface area contributed by atoms with Crippen LogP contribution in [0.25, 0.3) is 11.2 Å². The molecule has 9 heteroatoms. The van der Waals surface area contributed by atoms with E-state index >= 15 is 0 Å². The zero-order chi connectivity index (χ0) is 18.4. The summed E-state index contributed by atoms with van der Waals surface area (Å²) in [6.45, 7) is 1.65. The summed E-state index contributed by atoms with van der Waals surface area (Å²) in [7, 11) is -1.44. The van der Waals surface area contributed by atoms with Crippen molar-refractivity contribution in [2.45, 2.75) is 25.4 Å². The molecule has 3 heterocycles. The van der Waals surface area contributed by atoms with Gasteiger partial charge >= 0.3 is 5.97 Å². The van der Waals surface area contributed by atoms with E-state index in [0.29, 0.717) is 11.2 Å². The number of nitrogen functional groups attached to an aromatic ring is 1. The lowest BCUT2D eigenvalue weighted by atomic mass is 10.0. The van der Waals surface area contributed by atoms with Gasteiger partial charge in [-0.3, -0.25) is 4.57 Å². The highest BCUT2D eigenvalue weighted by atomic mass is 16.6. The standard InChI is InChI=1S/C13H17N5O4/c1-6-8(20-2)12(22-9(6)13(19)21-3)18-5-17-7-10(14)15-4-16-11(7)18/h4-6,8-9,12H,1-3H3,(H2,14,15,16)/t6-,8+,9-,12+/m0/s1/i2D3. The molecular weight excluding hydrogens is 290 g/mol. The average Bonchev–Trinajstić information content (AvgIpc) is 3.09. The lowest BCUT2D eigenvalue weighted by molar-refractivity contribution is -0.157. The molecule has 0 radical (unpaired) electrons. The first kappa shape index (κ1) is 11.3. The Balaban J connectivity index is 2.04. The number of fused-ring (bicyclic) bond motifs is 1. The topological polar surface area (TPSA) is 114 Å². The van der Waals surface area contributed by atoms with Crippen LogP contribution in [0.5, 0.6) is 0 Å². The Kier molecular flexibility index (Phi) is 2.83. The van der Waals surface area contributed by atoms with Gasteiger partial charge in [-0.05, 0) is 0 Å². The molecule has 2 N–H and O–H groups in total. The van der Waals surface area contributed by atoms with Crippen LogP contribution in [-0.2, 0) is 19.0 Å². The molecule has 0 unspecified atom stereocenters. The molecular formula is C13H17N5O4. The molecule has 0 amide bonds. The van der Waals surface area contributed by atoms with E-state index in [2.05, 4.69) is 15.0 Å². The summed E-state index contributed by atoms with van der Waals surface area (Å²) < 4.78 is 39.3. The predicted molar refractivity (Wildman–Crippen MR) is 75.6 cm³/mol. The lowest BCUT2D eigenvalue weighted by Gasteiger charge is -2.20. The molecule has 0 saturated carbocycles. The lowest BCUT2D eigenvalue weighted by Crippen LogP contribution is -2.30. The number of nitrogens with zero attached hydrogens (tertiary/aromatic N) is 4. The number of nitrogens with two attached hydrogens (primary N) is 1. The maximum atomic E-state index is 12.0. The van der Waals surface area contributed by atoms with Crippen molar-refractivity contribution in [3.05, 3.63) is 12.7 Å². The maximum absolute atomic E-state index is 12.0. The summed E-state index contributed by atoms with van der Waals surface area (Å²) >= 11 is 0. The Bertz CT molecular complexity index is 796. The van der Waals surface area contributed by atoms with E-state index in [1.807, 2.05) is 0 Å². The molecule has 1 aliphatic heterocycles. The number of hydrogen-bond donors (Lipinski definition) is 1. The summed E-state index contributed by atoms with van der Waals surface area (Å²) in [4.78, 5) is 24.0. The molecule has 4 atom stereocenters. The first-order valence-corrected chi connectivity index (χ1v) is 6.57. The summed E-state index contributed by atoms with van der Waals surface area (Å²) in [6.07, 6.45) is -0.239. The van der Waals surface area contributed by atoms with Crippen molar-refractivity contribution in [3.8, 4) is 0 Å². The fourth-order valence-electron chi connectivity index (χ4n) is 2.62. The van der Waals surface area contributed by atoms with Crippen LogP contribution in [0.1, 0.15) is 17.3 Å². The number of anilines is 1. The zero-order valence-corrected chi connectivity index (χ0v) is 12.0. The van der Waals surface area contributed by atoms with Crippen LogP contribution in [0.3, 0.4) is 0 Å². The van der Waals surface area contributed by atoms with Gasteiger partial charge in [0.2, 0.25) is 0 Å². The molecule has 118 valence electrons. The van der Waals surface area contributed by atoms with Crippen molar-refractivity contribution in [2.24, 2.45) is 5.92 Å². The predicted octanol–water partition coefficient (Wildman–Crippen LogP) is 0.130. The van der Waals surface area contributed by atoms with Crippen LogP contribution in [0.15, 0.2) is 12.7 Å². The fourth-order valence-corrected chi connectivity index (χ4v) is 2.62. The van der Waals surface area contributed by atoms with Gasteiger partial charge in [0.05, 0.1) is 17.5 Å². The molecule has 2 aromatic rings. The summed E-state index contributed by atoms with van der Waals surface area (Å²) in [5, 5.41) is 0. The number of methoxy groups -OCH3 is 2. The third-order valence-electron chi connectivity index (χ3n) is 3.79. The highest BCUT2D eigenvalue weighted by molar-refractivity contribution is 5.81. The number of carbonyl (C=O) groups excluding carboxylic acids is 1. The monoisotopic (exact) mass is 310 g/mol. The summed E-state index contributed by atoms with van der Waals surface area (Å²) in [5.74, 6) is -1.02. The number of rotatable bonds is 3. The molecule has 3 rings (SSSR count). The number of aromatic nitrogens is 4. The normalized spacial score (nSPS) is 30.7. The van der Waals surface area contributed by atoms with E-state index in [9.17, 15) is 4.79 Å². The summed E-state index contributed by atoms with van der Waals surface area (Å²) in [6, 6.07) is 0. The van der Waals surface area contributed by atoms with Crippen molar-refractivity contribution in [1.82, 2.24) is 19.5 Å². The molecule has 0 spiro atoms. The minimum atomic E-state index is -2.67. The second-order valence-corrected chi connectivity index (χ2v) is 4.99. The molecule has 2 aromatic heterocycles. The van der Waals surface area contributed by atoms with Crippen molar-refractivity contribution in [3.63, 3.8) is 0 Å². The first-order chi connectivity index (χ1) is 11.7. The quantitative estimate of drug-likeness (QED) is 0.796. The number of esters is 1. The molecule has 0 bridgehead atoms. The molecule has 1 fully saturated rings. The van der Waals surface area contributed by atoms with Gasteiger partial charge in [-0.2, -0.15) is 0 Å². The number of ether oxygens (including phenoxy) is 3. The highest BCUT2D eigenvalue weighted by Crippen LogP contribution is 2.37. The van der Waals surface area contributed by atoms with Gasteiger partial charge in [-0.25, -0.2) is 19.7 Å². The van der Waals surface area contributed by atoms with Gasteiger partial charge in [0.25, 0.3) is 0 Å². The van der Waals surface area contributed by atoms with Crippen LogP contribution in [0.4, 0.5) is 5.82 Å². The molecule has 0 aromatic carbocycles. The van der Waals surface area contributed by atoms with E-state index in [0.717, 1.165) is 0 Å².